The zero-order valence-electron chi connectivity index (χ0n) is 11.4. The van der Waals surface area contributed by atoms with Crippen LogP contribution in [0.2, 0.25) is 0 Å². The van der Waals surface area contributed by atoms with Crippen LogP contribution in [0.5, 0.6) is 0 Å². The van der Waals surface area contributed by atoms with Crippen molar-refractivity contribution in [3.63, 3.8) is 0 Å². The number of nitrogens with zero attached hydrogens (tertiary/aromatic N) is 1. The Hall–Kier alpha value is -0.750. The monoisotopic (exact) mass is 299 g/mol. The maximum absolute atomic E-state index is 11.8. The highest BCUT2D eigenvalue weighted by molar-refractivity contribution is 7.99. The summed E-state index contributed by atoms with van der Waals surface area (Å²) < 4.78 is 0. The molecule has 2 rings (SSSR count). The van der Waals surface area contributed by atoms with Gasteiger partial charge in [0.1, 0.15) is 0 Å². The molecular weight excluding hydrogens is 278 g/mol. The van der Waals surface area contributed by atoms with Crippen molar-refractivity contribution in [1.29, 1.82) is 0 Å². The fourth-order valence-electron chi connectivity index (χ4n) is 2.02. The Morgan fingerprint density at radius 3 is 3.11 bits per heavy atom. The smallest absolute Gasteiger partial charge is 0.315 e. The van der Waals surface area contributed by atoms with E-state index in [1.54, 1.807) is 11.3 Å². The lowest BCUT2D eigenvalue weighted by Crippen LogP contribution is -2.45. The number of amides is 2. The van der Waals surface area contributed by atoms with Gasteiger partial charge in [0.2, 0.25) is 0 Å². The van der Waals surface area contributed by atoms with Crippen LogP contribution < -0.4 is 10.6 Å². The largest absolute Gasteiger partial charge is 0.337 e. The lowest BCUT2D eigenvalue weighted by molar-refractivity contribution is 0.236. The third-order valence-electron chi connectivity index (χ3n) is 3.13. The van der Waals surface area contributed by atoms with Gasteiger partial charge in [0.15, 0.2) is 0 Å². The van der Waals surface area contributed by atoms with Crippen molar-refractivity contribution >= 4 is 29.1 Å². The molecule has 1 aromatic heterocycles. The highest BCUT2D eigenvalue weighted by atomic mass is 32.2. The van der Waals surface area contributed by atoms with Gasteiger partial charge in [-0.25, -0.2) is 9.78 Å². The molecule has 0 saturated carbocycles. The number of aryl methyl sites for hydroxylation is 1. The summed E-state index contributed by atoms with van der Waals surface area (Å²) in [7, 11) is 0. The first-order chi connectivity index (χ1) is 9.15. The van der Waals surface area contributed by atoms with E-state index in [1.165, 1.54) is 17.1 Å². The number of urea groups is 1. The maximum Gasteiger partial charge on any atom is 0.315 e. The first-order valence-corrected chi connectivity index (χ1v) is 8.66. The van der Waals surface area contributed by atoms with Gasteiger partial charge in [-0.2, -0.15) is 11.8 Å². The molecule has 6 heteroatoms. The number of nitrogens with one attached hydrogen (secondary N) is 2. The fourth-order valence-corrected chi connectivity index (χ4v) is 3.92. The Kier molecular flexibility index (Phi) is 5.51. The summed E-state index contributed by atoms with van der Waals surface area (Å²) in [6.07, 6.45) is 4.18. The van der Waals surface area contributed by atoms with Gasteiger partial charge >= 0.3 is 6.03 Å². The summed E-state index contributed by atoms with van der Waals surface area (Å²) in [6.45, 7) is 4.78. The van der Waals surface area contributed by atoms with Gasteiger partial charge in [-0.1, -0.05) is 6.92 Å². The van der Waals surface area contributed by atoms with Gasteiger partial charge in [-0.15, -0.1) is 11.3 Å². The number of hydrogen-bond donors (Lipinski definition) is 2. The number of carbonyl (C=O) groups is 1. The van der Waals surface area contributed by atoms with Gasteiger partial charge in [-0.3, -0.25) is 0 Å². The summed E-state index contributed by atoms with van der Waals surface area (Å²) >= 11 is 3.62. The molecule has 1 aliphatic heterocycles. The fraction of sp³-hybridized carbons (Fsp3) is 0.692. The van der Waals surface area contributed by atoms with Crippen molar-refractivity contribution in [1.82, 2.24) is 15.6 Å². The molecule has 0 bridgehead atoms. The van der Waals surface area contributed by atoms with E-state index in [2.05, 4.69) is 29.5 Å². The Bertz CT molecular complexity index is 416. The summed E-state index contributed by atoms with van der Waals surface area (Å²) in [6, 6.07) is 0.281. The molecule has 2 heterocycles. The van der Waals surface area contributed by atoms with Crippen LogP contribution in [0.25, 0.3) is 0 Å². The Morgan fingerprint density at radius 1 is 1.63 bits per heavy atom. The average Bonchev–Trinajstić information content (AvgIpc) is 2.84. The highest BCUT2D eigenvalue weighted by Crippen LogP contribution is 2.20. The molecule has 19 heavy (non-hydrogen) atoms. The minimum atomic E-state index is -0.0485. The third kappa shape index (κ3) is 4.69. The number of thioether (sulfide) groups is 1. The van der Waals surface area contributed by atoms with E-state index in [4.69, 9.17) is 0 Å². The van der Waals surface area contributed by atoms with Crippen molar-refractivity contribution in [2.75, 3.05) is 18.1 Å². The Morgan fingerprint density at radius 2 is 2.47 bits per heavy atom. The number of aromatic nitrogens is 1. The topological polar surface area (TPSA) is 54.0 Å². The molecule has 1 saturated heterocycles. The molecule has 1 aliphatic rings. The minimum absolute atomic E-state index is 0.0485. The van der Waals surface area contributed by atoms with Gasteiger partial charge < -0.3 is 10.6 Å². The van der Waals surface area contributed by atoms with E-state index >= 15 is 0 Å². The molecule has 0 aromatic carbocycles. The third-order valence-corrected chi connectivity index (χ3v) is 5.48. The lowest BCUT2D eigenvalue weighted by atomic mass is 10.2. The zero-order chi connectivity index (χ0) is 13.7. The van der Waals surface area contributed by atoms with Crippen LogP contribution in [0.1, 0.15) is 35.6 Å². The van der Waals surface area contributed by atoms with E-state index in [-0.39, 0.29) is 11.9 Å². The number of thiazole rings is 1. The second-order valence-corrected chi connectivity index (χ2v) is 7.39. The normalized spacial score (nSPS) is 20.8. The zero-order valence-corrected chi connectivity index (χ0v) is 13.1. The van der Waals surface area contributed by atoms with E-state index < -0.39 is 0 Å². The second-order valence-electron chi connectivity index (χ2n) is 4.98. The van der Waals surface area contributed by atoms with Crippen molar-refractivity contribution < 1.29 is 4.79 Å². The molecule has 0 aliphatic carbocycles. The van der Waals surface area contributed by atoms with Crippen LogP contribution in [-0.2, 0) is 0 Å². The molecule has 4 nitrogen and oxygen atoms in total. The molecular formula is C13H21N3OS2. The molecule has 0 spiro atoms. The molecule has 2 atom stereocenters. The minimum Gasteiger partial charge on any atom is -0.337 e. The first-order valence-electron chi connectivity index (χ1n) is 6.69. The number of carbonyl (C=O) groups excluding carboxylic acids is 1. The van der Waals surface area contributed by atoms with Gasteiger partial charge in [0.05, 0.1) is 5.01 Å². The van der Waals surface area contributed by atoms with Crippen molar-refractivity contribution in [3.05, 3.63) is 16.1 Å². The summed E-state index contributed by atoms with van der Waals surface area (Å²) in [5, 5.41) is 7.08. The molecule has 1 fully saturated rings. The summed E-state index contributed by atoms with van der Waals surface area (Å²) in [4.78, 5) is 17.4. The van der Waals surface area contributed by atoms with Crippen LogP contribution in [0.3, 0.4) is 0 Å². The van der Waals surface area contributed by atoms with Crippen molar-refractivity contribution in [3.8, 4) is 0 Å². The van der Waals surface area contributed by atoms with E-state index in [0.717, 1.165) is 17.2 Å². The predicted octanol–water partition coefficient (Wildman–Crippen LogP) is 2.75. The number of rotatable bonds is 4. The van der Waals surface area contributed by atoms with Gasteiger partial charge in [-0.05, 0) is 25.5 Å². The lowest BCUT2D eigenvalue weighted by Gasteiger charge is -2.23. The van der Waals surface area contributed by atoms with E-state index in [1.807, 2.05) is 18.0 Å². The maximum atomic E-state index is 11.8. The Labute approximate surface area is 122 Å². The van der Waals surface area contributed by atoms with Gasteiger partial charge in [0, 0.05) is 35.3 Å². The molecule has 2 unspecified atom stereocenters. The first kappa shape index (κ1) is 14.7. The average molecular weight is 299 g/mol. The van der Waals surface area contributed by atoms with Crippen molar-refractivity contribution in [2.24, 2.45) is 0 Å². The molecule has 1 aromatic rings. The molecule has 2 N–H and O–H groups in total. The molecule has 0 radical (unpaired) electrons. The second kappa shape index (κ2) is 7.14. The molecule has 106 valence electrons. The summed E-state index contributed by atoms with van der Waals surface area (Å²) in [5.41, 5.74) is 0. The van der Waals surface area contributed by atoms with Crippen LogP contribution in [0, 0.1) is 6.92 Å². The Balaban J connectivity index is 1.70. The van der Waals surface area contributed by atoms with Crippen LogP contribution >= 0.6 is 23.1 Å². The summed E-state index contributed by atoms with van der Waals surface area (Å²) in [5.74, 6) is 2.53. The van der Waals surface area contributed by atoms with Crippen LogP contribution in [0.15, 0.2) is 6.20 Å². The number of hydrogen-bond acceptors (Lipinski definition) is 4. The standard InChI is InChI=1S/C13H21N3OS2/c1-9(12-14-7-10(2)19-12)6-15-13(17)16-11-4-3-5-18-8-11/h7,9,11H,3-6,8H2,1-2H3,(H2,15,16,17). The van der Waals surface area contributed by atoms with E-state index in [9.17, 15) is 4.79 Å². The molecule has 2 amide bonds. The van der Waals surface area contributed by atoms with Crippen LogP contribution in [-0.4, -0.2) is 35.1 Å². The van der Waals surface area contributed by atoms with E-state index in [0.29, 0.717) is 12.6 Å². The van der Waals surface area contributed by atoms with Crippen LogP contribution in [0.4, 0.5) is 4.79 Å². The highest BCUT2D eigenvalue weighted by Gasteiger charge is 2.16. The predicted molar refractivity (Wildman–Crippen MR) is 82.1 cm³/mol. The quantitative estimate of drug-likeness (QED) is 0.899. The van der Waals surface area contributed by atoms with Gasteiger partial charge in [0.25, 0.3) is 0 Å². The SMILES string of the molecule is Cc1cnc(C(C)CNC(=O)NC2CCCSC2)s1. The van der Waals surface area contributed by atoms with Crippen molar-refractivity contribution in [2.45, 2.75) is 38.6 Å².